The van der Waals surface area contributed by atoms with Gasteiger partial charge in [-0.1, -0.05) is 17.7 Å². The molecule has 0 aliphatic carbocycles. The van der Waals surface area contributed by atoms with Gasteiger partial charge in [0.2, 0.25) is 0 Å². The number of nitriles is 1. The molecule has 2 rings (SSSR count). The van der Waals surface area contributed by atoms with E-state index < -0.39 is 0 Å². The summed E-state index contributed by atoms with van der Waals surface area (Å²) in [5.41, 5.74) is 1.68. The lowest BCUT2D eigenvalue weighted by Crippen LogP contribution is -1.94. The number of aryl methyl sites for hydroxylation is 1. The second-order valence-electron chi connectivity index (χ2n) is 3.19. The van der Waals surface area contributed by atoms with Crippen LogP contribution in [0.1, 0.15) is 11.3 Å². The molecule has 0 saturated heterocycles. The van der Waals surface area contributed by atoms with Crippen molar-refractivity contribution >= 4 is 11.6 Å². The van der Waals surface area contributed by atoms with E-state index in [1.807, 2.05) is 13.0 Å². The Kier molecular flexibility index (Phi) is 2.80. The second kappa shape index (κ2) is 4.25. The Balaban J connectivity index is 2.51. The van der Waals surface area contributed by atoms with Crippen molar-refractivity contribution in [3.05, 3.63) is 40.8 Å². The molecule has 0 fully saturated rings. The molecule has 4 nitrogen and oxygen atoms in total. The first-order chi connectivity index (χ1) is 7.70. The van der Waals surface area contributed by atoms with Crippen LogP contribution >= 0.6 is 11.6 Å². The fraction of sp³-hybridized carbons (Fsp3) is 0.0909. The highest BCUT2D eigenvalue weighted by molar-refractivity contribution is 6.30. The lowest BCUT2D eigenvalue weighted by Gasteiger charge is -2.01. The van der Waals surface area contributed by atoms with Crippen molar-refractivity contribution < 1.29 is 0 Å². The van der Waals surface area contributed by atoms with Gasteiger partial charge in [-0.25, -0.2) is 15.0 Å². The molecule has 2 aromatic rings. The van der Waals surface area contributed by atoms with Crippen LogP contribution in [0.3, 0.4) is 0 Å². The molecule has 0 aliphatic heterocycles. The van der Waals surface area contributed by atoms with E-state index in [9.17, 15) is 0 Å². The quantitative estimate of drug-likeness (QED) is 0.706. The van der Waals surface area contributed by atoms with Crippen LogP contribution < -0.4 is 0 Å². The highest BCUT2D eigenvalue weighted by atomic mass is 35.5. The van der Waals surface area contributed by atoms with E-state index in [0.717, 1.165) is 5.56 Å². The lowest BCUT2D eigenvalue weighted by molar-refractivity contribution is 1.11. The standard InChI is InChI=1S/C11H7ClN4/c1-7-6-14-11(16-10(7)12)9-4-2-3-8(5-13)15-9/h2-4,6H,1H3. The predicted molar refractivity (Wildman–Crippen MR) is 59.7 cm³/mol. The summed E-state index contributed by atoms with van der Waals surface area (Å²) in [6.07, 6.45) is 1.63. The summed E-state index contributed by atoms with van der Waals surface area (Å²) in [5.74, 6) is 0.424. The van der Waals surface area contributed by atoms with Gasteiger partial charge >= 0.3 is 0 Å². The first-order valence-corrected chi connectivity index (χ1v) is 4.95. The summed E-state index contributed by atoms with van der Waals surface area (Å²) >= 11 is 5.89. The van der Waals surface area contributed by atoms with Crippen LogP contribution in [0.5, 0.6) is 0 Å². The van der Waals surface area contributed by atoms with Crippen LogP contribution in [0.15, 0.2) is 24.4 Å². The highest BCUT2D eigenvalue weighted by Crippen LogP contribution is 2.17. The Bertz CT molecular complexity index is 574. The largest absolute Gasteiger partial charge is 0.235 e. The van der Waals surface area contributed by atoms with Crippen molar-refractivity contribution in [2.75, 3.05) is 0 Å². The minimum atomic E-state index is 0.331. The molecule has 0 atom stereocenters. The molecule has 0 radical (unpaired) electrons. The molecule has 0 spiro atoms. The number of hydrogen-bond acceptors (Lipinski definition) is 4. The Morgan fingerprint density at radius 1 is 1.31 bits per heavy atom. The van der Waals surface area contributed by atoms with E-state index in [1.165, 1.54) is 0 Å². The van der Waals surface area contributed by atoms with Gasteiger partial charge < -0.3 is 0 Å². The average molecular weight is 231 g/mol. The Labute approximate surface area is 97.6 Å². The molecule has 2 heterocycles. The minimum absolute atomic E-state index is 0.331. The van der Waals surface area contributed by atoms with Crippen LogP contribution in [-0.2, 0) is 0 Å². The SMILES string of the molecule is Cc1cnc(-c2cccc(C#N)n2)nc1Cl. The number of hydrogen-bond donors (Lipinski definition) is 0. The van der Waals surface area contributed by atoms with E-state index in [0.29, 0.717) is 22.4 Å². The van der Waals surface area contributed by atoms with E-state index >= 15 is 0 Å². The number of pyridine rings is 1. The summed E-state index contributed by atoms with van der Waals surface area (Å²) < 4.78 is 0. The van der Waals surface area contributed by atoms with Crippen molar-refractivity contribution in [3.8, 4) is 17.6 Å². The van der Waals surface area contributed by atoms with Crippen molar-refractivity contribution in [2.45, 2.75) is 6.92 Å². The fourth-order valence-electron chi connectivity index (χ4n) is 1.17. The second-order valence-corrected chi connectivity index (χ2v) is 3.55. The zero-order valence-electron chi connectivity index (χ0n) is 8.48. The Morgan fingerprint density at radius 2 is 2.12 bits per heavy atom. The average Bonchev–Trinajstić information content (AvgIpc) is 2.33. The molecular formula is C11H7ClN4. The molecule has 0 aliphatic rings. The van der Waals surface area contributed by atoms with Crippen molar-refractivity contribution in [1.82, 2.24) is 15.0 Å². The van der Waals surface area contributed by atoms with Gasteiger partial charge in [0.05, 0.1) is 0 Å². The third-order valence-electron chi connectivity index (χ3n) is 2.00. The van der Waals surface area contributed by atoms with Crippen LogP contribution in [0.2, 0.25) is 5.15 Å². The van der Waals surface area contributed by atoms with Crippen LogP contribution in [-0.4, -0.2) is 15.0 Å². The van der Waals surface area contributed by atoms with E-state index in [2.05, 4.69) is 15.0 Å². The van der Waals surface area contributed by atoms with Crippen LogP contribution in [0.4, 0.5) is 0 Å². The first kappa shape index (κ1) is 10.5. The van der Waals surface area contributed by atoms with E-state index in [-0.39, 0.29) is 0 Å². The van der Waals surface area contributed by atoms with Gasteiger partial charge in [0.15, 0.2) is 5.82 Å². The molecule has 0 amide bonds. The van der Waals surface area contributed by atoms with E-state index in [1.54, 1.807) is 24.4 Å². The Morgan fingerprint density at radius 3 is 2.81 bits per heavy atom. The molecule has 5 heteroatoms. The number of rotatable bonds is 1. The maximum atomic E-state index is 8.73. The van der Waals surface area contributed by atoms with Gasteiger partial charge in [-0.3, -0.25) is 0 Å². The molecule has 78 valence electrons. The molecule has 0 aromatic carbocycles. The zero-order chi connectivity index (χ0) is 11.5. The van der Waals surface area contributed by atoms with Crippen molar-refractivity contribution in [2.24, 2.45) is 0 Å². The smallest absolute Gasteiger partial charge is 0.179 e. The van der Waals surface area contributed by atoms with Crippen molar-refractivity contribution in [1.29, 1.82) is 5.26 Å². The summed E-state index contributed by atoms with van der Waals surface area (Å²) in [7, 11) is 0. The van der Waals surface area contributed by atoms with Gasteiger partial charge in [0, 0.05) is 11.8 Å². The zero-order valence-corrected chi connectivity index (χ0v) is 9.23. The molecule has 0 saturated carbocycles. The maximum Gasteiger partial charge on any atom is 0.179 e. The first-order valence-electron chi connectivity index (χ1n) is 4.57. The molecule has 2 aromatic heterocycles. The minimum Gasteiger partial charge on any atom is -0.235 e. The van der Waals surface area contributed by atoms with Gasteiger partial charge in [0.1, 0.15) is 22.6 Å². The summed E-state index contributed by atoms with van der Waals surface area (Å²) in [6, 6.07) is 7.06. The van der Waals surface area contributed by atoms with Gasteiger partial charge in [-0.15, -0.1) is 0 Å². The topological polar surface area (TPSA) is 62.5 Å². The van der Waals surface area contributed by atoms with Crippen molar-refractivity contribution in [3.63, 3.8) is 0 Å². The third-order valence-corrected chi connectivity index (χ3v) is 2.39. The number of halogens is 1. The fourth-order valence-corrected chi connectivity index (χ4v) is 1.30. The van der Waals surface area contributed by atoms with Gasteiger partial charge in [0.25, 0.3) is 0 Å². The maximum absolute atomic E-state index is 8.73. The number of aromatic nitrogens is 3. The molecule has 0 N–H and O–H groups in total. The molecule has 0 unspecified atom stereocenters. The normalized spacial score (nSPS) is 9.81. The number of nitrogens with zero attached hydrogens (tertiary/aromatic N) is 4. The van der Waals surface area contributed by atoms with Gasteiger partial charge in [-0.2, -0.15) is 5.26 Å². The van der Waals surface area contributed by atoms with Crippen LogP contribution in [0.25, 0.3) is 11.5 Å². The summed E-state index contributed by atoms with van der Waals surface area (Å²) in [6.45, 7) is 1.82. The predicted octanol–water partition coefficient (Wildman–Crippen LogP) is 2.37. The summed E-state index contributed by atoms with van der Waals surface area (Å²) in [5, 5.41) is 9.13. The summed E-state index contributed by atoms with van der Waals surface area (Å²) in [4.78, 5) is 12.3. The monoisotopic (exact) mass is 230 g/mol. The Hall–Kier alpha value is -1.99. The highest BCUT2D eigenvalue weighted by Gasteiger charge is 2.06. The third kappa shape index (κ3) is 2.00. The van der Waals surface area contributed by atoms with Crippen LogP contribution in [0, 0.1) is 18.3 Å². The van der Waals surface area contributed by atoms with E-state index in [4.69, 9.17) is 16.9 Å². The lowest BCUT2D eigenvalue weighted by atomic mass is 10.3. The molecule has 16 heavy (non-hydrogen) atoms. The molecular weight excluding hydrogens is 224 g/mol. The molecule has 0 bridgehead atoms. The van der Waals surface area contributed by atoms with Gasteiger partial charge in [-0.05, 0) is 19.1 Å².